The predicted octanol–water partition coefficient (Wildman–Crippen LogP) is 11.8. The highest BCUT2D eigenvalue weighted by Gasteiger charge is 2.48. The van der Waals surface area contributed by atoms with E-state index in [1.54, 1.807) is 0 Å². The molecule has 0 N–H and O–H groups in total. The molecule has 0 unspecified atom stereocenters. The van der Waals surface area contributed by atoms with Crippen molar-refractivity contribution in [3.05, 3.63) is 104 Å². The van der Waals surface area contributed by atoms with Gasteiger partial charge in [-0.3, -0.25) is 0 Å². The minimum Gasteiger partial charge on any atom is -0.203 e. The summed E-state index contributed by atoms with van der Waals surface area (Å²) < 4.78 is 342. The zero-order valence-electron chi connectivity index (χ0n) is 22.6. The summed E-state index contributed by atoms with van der Waals surface area (Å²) in [6.45, 7) is 0. The van der Waals surface area contributed by atoms with E-state index in [0.717, 1.165) is 0 Å². The average Bonchev–Trinajstić information content (AvgIpc) is 2.98. The molecule has 0 amide bonds. The number of hydrogen-bond acceptors (Lipinski definition) is 0. The third kappa shape index (κ3) is 5.74. The van der Waals surface area contributed by atoms with Crippen LogP contribution in [0.25, 0.3) is 33.4 Å². The molecule has 0 aliphatic carbocycles. The van der Waals surface area contributed by atoms with Crippen LogP contribution in [0.15, 0.2) is 0 Å². The Kier molecular flexibility index (Phi) is 9.30. The van der Waals surface area contributed by atoms with Gasteiger partial charge in [-0.2, -0.15) is 39.5 Å². The summed E-state index contributed by atoms with van der Waals surface area (Å²) in [6.07, 6.45) is -19.5. The Balaban J connectivity index is 2.51. The zero-order chi connectivity index (χ0) is 39.4. The van der Waals surface area contributed by atoms with E-state index in [9.17, 15) is 70.2 Å². The summed E-state index contributed by atoms with van der Waals surface area (Å²) in [5.41, 5.74) is -31.0. The molecule has 276 valence electrons. The quantitative estimate of drug-likeness (QED) is 0.110. The van der Waals surface area contributed by atoms with Crippen LogP contribution in [-0.2, 0) is 18.5 Å². The molecule has 0 nitrogen and oxygen atoms in total. The second-order valence-electron chi connectivity index (χ2n) is 9.58. The summed E-state index contributed by atoms with van der Waals surface area (Å²) in [4.78, 5) is 0. The topological polar surface area (TPSA) is 0 Å². The van der Waals surface area contributed by atoms with Crippen molar-refractivity contribution in [2.45, 2.75) is 18.5 Å². The van der Waals surface area contributed by atoms with E-state index < -0.39 is 156 Å². The summed E-state index contributed by atoms with van der Waals surface area (Å²) in [7, 11) is 0. The summed E-state index contributed by atoms with van der Waals surface area (Å²) in [5, 5.41) is 0. The van der Waals surface area contributed by atoms with Gasteiger partial charge in [-0.15, -0.1) is 0 Å². The third-order valence-electron chi connectivity index (χ3n) is 6.71. The molecule has 0 heterocycles. The van der Waals surface area contributed by atoms with E-state index in [1.165, 1.54) is 0 Å². The third-order valence-corrected chi connectivity index (χ3v) is 6.71. The molecule has 0 saturated heterocycles. The highest BCUT2D eigenvalue weighted by atomic mass is 19.4. The predicted molar refractivity (Wildman–Crippen MR) is 117 cm³/mol. The lowest BCUT2D eigenvalue weighted by Gasteiger charge is -2.23. The molecule has 0 spiro atoms. The van der Waals surface area contributed by atoms with Gasteiger partial charge in [0.15, 0.2) is 87.3 Å². The molecule has 0 radical (unpaired) electrons. The fraction of sp³-hybridized carbons (Fsp3) is 0.111. The largest absolute Gasteiger partial charge is 0.422 e. The van der Waals surface area contributed by atoms with Crippen molar-refractivity contribution in [2.75, 3.05) is 0 Å². The van der Waals surface area contributed by atoms with Gasteiger partial charge in [-0.1, -0.05) is 0 Å². The first-order chi connectivity index (χ1) is 23.0. The van der Waals surface area contributed by atoms with Gasteiger partial charge in [-0.05, 0) is 0 Å². The number of rotatable bonds is 3. The molecule has 0 aromatic heterocycles. The first-order valence-electron chi connectivity index (χ1n) is 12.0. The number of alkyl halides is 9. The van der Waals surface area contributed by atoms with Crippen LogP contribution in [-0.4, -0.2) is 0 Å². The molecule has 0 atom stereocenters. The van der Waals surface area contributed by atoms with Crippen molar-refractivity contribution < 1.29 is 105 Å². The van der Waals surface area contributed by atoms with E-state index in [1.807, 2.05) is 0 Å². The molecule has 0 fully saturated rings. The molecule has 51 heavy (non-hydrogen) atoms. The van der Waals surface area contributed by atoms with Gasteiger partial charge in [0.2, 0.25) is 0 Å². The maximum atomic E-state index is 15.3. The zero-order valence-corrected chi connectivity index (χ0v) is 22.6. The lowest BCUT2D eigenvalue weighted by Crippen LogP contribution is -2.19. The highest BCUT2D eigenvalue weighted by molar-refractivity contribution is 5.96. The molecule has 0 saturated carbocycles. The molecule has 4 aromatic rings. The first kappa shape index (κ1) is 39.0. The molecular formula is C27F24. The van der Waals surface area contributed by atoms with Crippen molar-refractivity contribution in [2.24, 2.45) is 0 Å². The van der Waals surface area contributed by atoms with E-state index in [2.05, 4.69) is 0 Å². The normalized spacial score (nSPS) is 12.7. The molecule has 0 aliphatic rings. The van der Waals surface area contributed by atoms with Crippen LogP contribution in [0.4, 0.5) is 105 Å². The Morgan fingerprint density at radius 3 is 0.510 bits per heavy atom. The van der Waals surface area contributed by atoms with Crippen LogP contribution in [0.3, 0.4) is 0 Å². The average molecular weight is 780 g/mol. The molecule has 0 bridgehead atoms. The van der Waals surface area contributed by atoms with Gasteiger partial charge in [0.1, 0.15) is 16.7 Å². The Morgan fingerprint density at radius 2 is 0.333 bits per heavy atom. The lowest BCUT2D eigenvalue weighted by atomic mass is 9.84. The smallest absolute Gasteiger partial charge is 0.203 e. The van der Waals surface area contributed by atoms with Gasteiger partial charge >= 0.3 is 18.5 Å². The van der Waals surface area contributed by atoms with Crippen LogP contribution in [0.2, 0.25) is 0 Å². The van der Waals surface area contributed by atoms with E-state index in [0.29, 0.717) is 0 Å². The van der Waals surface area contributed by atoms with E-state index >= 15 is 35.1 Å². The highest BCUT2D eigenvalue weighted by Crippen LogP contribution is 2.52. The molecule has 4 rings (SSSR count). The van der Waals surface area contributed by atoms with Crippen molar-refractivity contribution in [1.29, 1.82) is 0 Å². The van der Waals surface area contributed by atoms with Crippen LogP contribution in [0, 0.1) is 87.3 Å². The second kappa shape index (κ2) is 12.2. The van der Waals surface area contributed by atoms with Crippen molar-refractivity contribution in [3.63, 3.8) is 0 Å². The minimum atomic E-state index is -6.53. The Morgan fingerprint density at radius 1 is 0.176 bits per heavy atom. The van der Waals surface area contributed by atoms with Crippen molar-refractivity contribution >= 4 is 0 Å². The van der Waals surface area contributed by atoms with E-state index in [-0.39, 0.29) is 0 Å². The van der Waals surface area contributed by atoms with Gasteiger partial charge in [0, 0.05) is 16.7 Å². The maximum Gasteiger partial charge on any atom is 0.422 e. The van der Waals surface area contributed by atoms with Gasteiger partial charge in [-0.25, -0.2) is 65.9 Å². The standard InChI is InChI=1S/C27F24/c28-10-2(5-14(32)20(38)8(26(46,47)48)21(39)15(5)33)1(4-12(30)18(36)7(25(43,44)45)19(37)13(4)31)3(11(29)24(10)42)6-16(34)22(40)9(27(49,50)51)23(41)17(6)35. The van der Waals surface area contributed by atoms with Crippen LogP contribution in [0.5, 0.6) is 0 Å². The molecule has 4 aromatic carbocycles. The molecular weight excluding hydrogens is 780 g/mol. The van der Waals surface area contributed by atoms with Gasteiger partial charge in [0.25, 0.3) is 0 Å². The van der Waals surface area contributed by atoms with Crippen molar-refractivity contribution in [1.82, 2.24) is 0 Å². The Bertz CT molecular complexity index is 1950. The minimum absolute atomic E-state index is 3.35. The fourth-order valence-electron chi connectivity index (χ4n) is 4.68. The van der Waals surface area contributed by atoms with E-state index in [4.69, 9.17) is 0 Å². The Hall–Kier alpha value is -4.80. The van der Waals surface area contributed by atoms with Gasteiger partial charge in [0.05, 0.1) is 16.7 Å². The lowest BCUT2D eigenvalue weighted by molar-refractivity contribution is -0.144. The second-order valence-corrected chi connectivity index (χ2v) is 9.58. The van der Waals surface area contributed by atoms with Crippen LogP contribution in [0.1, 0.15) is 16.7 Å². The summed E-state index contributed by atoms with van der Waals surface area (Å²) in [6, 6.07) is 0. The number of hydrogen-bond donors (Lipinski definition) is 0. The van der Waals surface area contributed by atoms with Crippen LogP contribution >= 0.6 is 0 Å². The SMILES string of the molecule is Fc1c(F)c(-c2c(F)c(F)c(C(F)(F)F)c(F)c2F)c(-c2c(F)c(F)c(C(F)(F)F)c(F)c2F)c(-c2c(F)c(F)c(C(F)(F)F)c(F)c2F)c1F. The molecule has 24 heteroatoms. The first-order valence-corrected chi connectivity index (χ1v) is 12.0. The summed E-state index contributed by atoms with van der Waals surface area (Å²) in [5.74, 6) is -55.8. The van der Waals surface area contributed by atoms with Crippen molar-refractivity contribution in [3.8, 4) is 33.4 Å². The number of halogens is 24. The van der Waals surface area contributed by atoms with Crippen LogP contribution < -0.4 is 0 Å². The number of benzene rings is 4. The summed E-state index contributed by atoms with van der Waals surface area (Å²) >= 11 is 0. The Labute approximate surface area is 262 Å². The van der Waals surface area contributed by atoms with Gasteiger partial charge < -0.3 is 0 Å². The fourth-order valence-corrected chi connectivity index (χ4v) is 4.68. The maximum absolute atomic E-state index is 15.3. The monoisotopic (exact) mass is 780 g/mol. The molecule has 0 aliphatic heterocycles.